The second kappa shape index (κ2) is 3.16. The molecule has 8 heavy (non-hydrogen) atoms. The maximum atomic E-state index is 11.9. The van der Waals surface area contributed by atoms with E-state index in [1.165, 1.54) is 12.1 Å². The third-order valence-corrected chi connectivity index (χ3v) is 0.733. The number of rotatable bonds is 0. The lowest BCUT2D eigenvalue weighted by atomic mass is 10.4. The molecule has 1 nitrogen and oxygen atoms in total. The zero-order valence-electron chi connectivity index (χ0n) is 4.47. The van der Waals surface area contributed by atoms with Crippen molar-refractivity contribution in [3.05, 3.63) is 36.1 Å². The van der Waals surface area contributed by atoms with Crippen LogP contribution in [0.4, 0.5) is 4.39 Å². The highest BCUT2D eigenvalue weighted by atomic mass is 19.1. The average Bonchev–Trinajstić information content (AvgIpc) is 1.69. The predicted molar refractivity (Wildman–Crippen MR) is 31.4 cm³/mol. The minimum Gasteiger partial charge on any atom is -0.344 e. The quantitative estimate of drug-likeness (QED) is 0.548. The number of hydrogen-bond acceptors (Lipinski definition) is 1. The maximum Gasteiger partial charge on any atom is 0.123 e. The predicted octanol–water partition coefficient (Wildman–Crippen LogP) is 1.99. The van der Waals surface area contributed by atoms with Crippen LogP contribution in [0.3, 0.4) is 0 Å². The lowest BCUT2D eigenvalue weighted by Crippen LogP contribution is -1.63. The molecule has 0 aromatic heterocycles. The topological polar surface area (TPSA) is 35.0 Å². The molecule has 0 heterocycles. The van der Waals surface area contributed by atoms with Crippen molar-refractivity contribution in [1.82, 2.24) is 6.15 Å². The molecule has 0 radical (unpaired) electrons. The van der Waals surface area contributed by atoms with Crippen molar-refractivity contribution in [1.29, 1.82) is 0 Å². The first kappa shape index (κ1) is 7.11. The Morgan fingerprint density at radius 1 is 1.00 bits per heavy atom. The zero-order chi connectivity index (χ0) is 5.11. The van der Waals surface area contributed by atoms with Gasteiger partial charge in [-0.3, -0.25) is 0 Å². The highest BCUT2D eigenvalue weighted by Crippen LogP contribution is 1.91. The van der Waals surface area contributed by atoms with Gasteiger partial charge in [-0.1, -0.05) is 18.2 Å². The Hall–Kier alpha value is -0.890. The Morgan fingerprint density at radius 3 is 1.75 bits per heavy atom. The Kier molecular flexibility index (Phi) is 2.80. The van der Waals surface area contributed by atoms with Gasteiger partial charge in [0.25, 0.3) is 0 Å². The molecule has 2 heteroatoms. The van der Waals surface area contributed by atoms with Crippen molar-refractivity contribution in [2.24, 2.45) is 0 Å². The number of halogens is 1. The van der Waals surface area contributed by atoms with E-state index in [0.717, 1.165) is 0 Å². The molecule has 44 valence electrons. The zero-order valence-corrected chi connectivity index (χ0v) is 4.47. The number of hydrogen-bond donors (Lipinski definition) is 1. The molecule has 0 aliphatic rings. The van der Waals surface area contributed by atoms with Crippen molar-refractivity contribution in [2.45, 2.75) is 0 Å². The fourth-order valence-electron chi connectivity index (χ4n) is 0.415. The molecule has 0 fully saturated rings. The molecule has 0 saturated carbocycles. The second-order valence-electron chi connectivity index (χ2n) is 1.30. The van der Waals surface area contributed by atoms with Gasteiger partial charge in [0.15, 0.2) is 0 Å². The van der Waals surface area contributed by atoms with Crippen LogP contribution in [0, 0.1) is 5.82 Å². The van der Waals surface area contributed by atoms with Crippen molar-refractivity contribution >= 4 is 0 Å². The van der Waals surface area contributed by atoms with E-state index in [4.69, 9.17) is 0 Å². The first-order chi connectivity index (χ1) is 3.39. The normalized spacial score (nSPS) is 7.62. The molecule has 0 saturated heterocycles. The molecule has 0 aliphatic carbocycles. The van der Waals surface area contributed by atoms with Gasteiger partial charge in [-0.15, -0.1) is 0 Å². The van der Waals surface area contributed by atoms with Crippen LogP contribution in [0.2, 0.25) is 0 Å². The van der Waals surface area contributed by atoms with Gasteiger partial charge in [0.05, 0.1) is 0 Å². The van der Waals surface area contributed by atoms with Crippen molar-refractivity contribution < 1.29 is 4.39 Å². The Morgan fingerprint density at radius 2 is 1.50 bits per heavy atom. The summed E-state index contributed by atoms with van der Waals surface area (Å²) in [6, 6.07) is 7.94. The van der Waals surface area contributed by atoms with Crippen LogP contribution in [-0.2, 0) is 0 Å². The third kappa shape index (κ3) is 1.71. The van der Waals surface area contributed by atoms with Gasteiger partial charge in [-0.25, -0.2) is 4.39 Å². The van der Waals surface area contributed by atoms with Crippen molar-refractivity contribution in [3.8, 4) is 0 Å². The van der Waals surface area contributed by atoms with Crippen LogP contribution >= 0.6 is 0 Å². The van der Waals surface area contributed by atoms with E-state index in [0.29, 0.717) is 0 Å². The molecule has 1 aromatic rings. The van der Waals surface area contributed by atoms with Crippen LogP contribution in [0.5, 0.6) is 0 Å². The van der Waals surface area contributed by atoms with Crippen LogP contribution in [-0.4, -0.2) is 0 Å². The van der Waals surface area contributed by atoms with E-state index < -0.39 is 0 Å². The van der Waals surface area contributed by atoms with Crippen LogP contribution in [0.1, 0.15) is 0 Å². The largest absolute Gasteiger partial charge is 0.344 e. The molecular weight excluding hydrogens is 105 g/mol. The monoisotopic (exact) mass is 113 g/mol. The van der Waals surface area contributed by atoms with Crippen LogP contribution < -0.4 is 6.15 Å². The minimum atomic E-state index is -0.178. The summed E-state index contributed by atoms with van der Waals surface area (Å²) in [6.45, 7) is 0. The first-order valence-corrected chi connectivity index (χ1v) is 2.10. The summed E-state index contributed by atoms with van der Waals surface area (Å²) >= 11 is 0. The summed E-state index contributed by atoms with van der Waals surface area (Å²) in [5.74, 6) is -0.178. The second-order valence-corrected chi connectivity index (χ2v) is 1.30. The van der Waals surface area contributed by atoms with Gasteiger partial charge in [-0.05, 0) is 12.1 Å². The van der Waals surface area contributed by atoms with E-state index in [1.807, 2.05) is 0 Å². The summed E-state index contributed by atoms with van der Waals surface area (Å²) in [5.41, 5.74) is 0. The first-order valence-electron chi connectivity index (χ1n) is 2.10. The van der Waals surface area contributed by atoms with Crippen LogP contribution in [0.15, 0.2) is 30.3 Å². The smallest absolute Gasteiger partial charge is 0.123 e. The molecular formula is C6H8FN. The van der Waals surface area contributed by atoms with Gasteiger partial charge in [0, 0.05) is 0 Å². The van der Waals surface area contributed by atoms with E-state index >= 15 is 0 Å². The van der Waals surface area contributed by atoms with Gasteiger partial charge >= 0.3 is 0 Å². The maximum absolute atomic E-state index is 11.9. The molecule has 1 aromatic carbocycles. The lowest BCUT2D eigenvalue weighted by molar-refractivity contribution is 0.628. The highest BCUT2D eigenvalue weighted by molar-refractivity contribution is 5.02. The SMILES string of the molecule is Fc1ccccc1.N. The summed E-state index contributed by atoms with van der Waals surface area (Å²) in [6.07, 6.45) is 0. The molecule has 0 amide bonds. The van der Waals surface area contributed by atoms with Gasteiger partial charge < -0.3 is 6.15 Å². The molecule has 3 N–H and O–H groups in total. The number of benzene rings is 1. The third-order valence-electron chi connectivity index (χ3n) is 0.733. The standard InChI is InChI=1S/C6H5F.H3N/c7-6-4-2-1-3-5-6;/h1-5H;1H3. The van der Waals surface area contributed by atoms with Crippen LogP contribution in [0.25, 0.3) is 0 Å². The summed E-state index contributed by atoms with van der Waals surface area (Å²) in [4.78, 5) is 0. The summed E-state index contributed by atoms with van der Waals surface area (Å²) in [7, 11) is 0. The molecule has 0 atom stereocenters. The summed E-state index contributed by atoms with van der Waals surface area (Å²) in [5, 5.41) is 0. The van der Waals surface area contributed by atoms with E-state index in [1.54, 1.807) is 18.2 Å². The minimum absolute atomic E-state index is 0. The summed E-state index contributed by atoms with van der Waals surface area (Å²) < 4.78 is 11.9. The Labute approximate surface area is 47.7 Å². The molecule has 0 spiro atoms. The fourth-order valence-corrected chi connectivity index (χ4v) is 0.415. The van der Waals surface area contributed by atoms with Gasteiger partial charge in [0.1, 0.15) is 5.82 Å². The molecule has 0 bridgehead atoms. The fraction of sp³-hybridized carbons (Fsp3) is 0. The lowest BCUT2D eigenvalue weighted by Gasteiger charge is -1.78. The van der Waals surface area contributed by atoms with Crippen molar-refractivity contribution in [2.75, 3.05) is 0 Å². The van der Waals surface area contributed by atoms with Gasteiger partial charge in [-0.2, -0.15) is 0 Å². The van der Waals surface area contributed by atoms with E-state index in [9.17, 15) is 4.39 Å². The van der Waals surface area contributed by atoms with E-state index in [2.05, 4.69) is 0 Å². The Balaban J connectivity index is 0.000000490. The Bertz CT molecular complexity index is 138. The highest BCUT2D eigenvalue weighted by Gasteiger charge is 1.77. The molecule has 1 rings (SSSR count). The van der Waals surface area contributed by atoms with Gasteiger partial charge in [0.2, 0.25) is 0 Å². The van der Waals surface area contributed by atoms with E-state index in [-0.39, 0.29) is 12.0 Å². The molecule has 0 aliphatic heterocycles. The average molecular weight is 113 g/mol. The molecule has 0 unspecified atom stereocenters. The van der Waals surface area contributed by atoms with Crippen molar-refractivity contribution in [3.63, 3.8) is 0 Å².